The quantitative estimate of drug-likeness (QED) is 0.583. The van der Waals surface area contributed by atoms with E-state index in [9.17, 15) is 4.79 Å². The van der Waals surface area contributed by atoms with Gasteiger partial charge in [0.05, 0.1) is 18.0 Å². The largest absolute Gasteiger partial charge is 0.464 e. The molecule has 7 heteroatoms. The van der Waals surface area contributed by atoms with Crippen molar-refractivity contribution < 1.29 is 4.42 Å². The van der Waals surface area contributed by atoms with Crippen LogP contribution in [0.2, 0.25) is 5.15 Å². The van der Waals surface area contributed by atoms with E-state index in [1.807, 2.05) is 24.3 Å². The molecule has 0 saturated carbocycles. The zero-order valence-electron chi connectivity index (χ0n) is 10.5. The summed E-state index contributed by atoms with van der Waals surface area (Å²) in [7, 11) is 0. The predicted octanol–water partition coefficient (Wildman–Crippen LogP) is 3.54. The summed E-state index contributed by atoms with van der Waals surface area (Å²) in [6.45, 7) is 0. The van der Waals surface area contributed by atoms with Crippen LogP contribution in [0.25, 0.3) is 27.7 Å². The lowest BCUT2D eigenvalue weighted by Gasteiger charge is -2.06. The van der Waals surface area contributed by atoms with Crippen molar-refractivity contribution in [2.24, 2.45) is 0 Å². The molecule has 106 valence electrons. The van der Waals surface area contributed by atoms with Crippen LogP contribution in [0.4, 0.5) is 0 Å². The van der Waals surface area contributed by atoms with Crippen molar-refractivity contribution in [2.45, 2.75) is 0 Å². The molecule has 4 aromatic rings. The Morgan fingerprint density at radius 3 is 2.95 bits per heavy atom. The first-order valence-corrected chi connectivity index (χ1v) is 6.34. The van der Waals surface area contributed by atoms with Crippen molar-refractivity contribution in [1.29, 1.82) is 0 Å². The summed E-state index contributed by atoms with van der Waals surface area (Å²) < 4.78 is 7.05. The van der Waals surface area contributed by atoms with Gasteiger partial charge in [0, 0.05) is 11.1 Å². The van der Waals surface area contributed by atoms with Gasteiger partial charge in [0.1, 0.15) is 10.7 Å². The Balaban J connectivity index is 0.00000132. The molecule has 0 fully saturated rings. The number of nitrogens with zero attached hydrogens (tertiary/aromatic N) is 2. The maximum Gasteiger partial charge on any atom is 0.260 e. The van der Waals surface area contributed by atoms with Gasteiger partial charge < -0.3 is 9.40 Å². The highest BCUT2D eigenvalue weighted by Gasteiger charge is 2.13. The Morgan fingerprint density at radius 2 is 2.10 bits per heavy atom. The summed E-state index contributed by atoms with van der Waals surface area (Å²) in [5.74, 6) is 0. The van der Waals surface area contributed by atoms with Gasteiger partial charge >= 0.3 is 0 Å². The van der Waals surface area contributed by atoms with E-state index < -0.39 is 0 Å². The Morgan fingerprint density at radius 1 is 1.24 bits per heavy atom. The van der Waals surface area contributed by atoms with E-state index in [-0.39, 0.29) is 18.0 Å². The summed E-state index contributed by atoms with van der Waals surface area (Å²) in [6.07, 6.45) is 3.00. The molecule has 1 N–H and O–H groups in total. The van der Waals surface area contributed by atoms with Gasteiger partial charge in [0.15, 0.2) is 5.65 Å². The summed E-state index contributed by atoms with van der Waals surface area (Å²) in [6, 6.07) is 9.16. The molecule has 21 heavy (non-hydrogen) atoms. The number of fused-ring (bicyclic) bond motifs is 2. The monoisotopic (exact) mass is 321 g/mol. The number of aromatic nitrogens is 3. The van der Waals surface area contributed by atoms with Gasteiger partial charge in [0.25, 0.3) is 5.56 Å². The SMILES string of the molecule is Cl.O=c1[nH]cnc2c1cc(Cl)n2-c1ccc2occc2c1. The molecule has 3 heterocycles. The molecule has 0 amide bonds. The molecule has 0 spiro atoms. The highest BCUT2D eigenvalue weighted by atomic mass is 35.5. The second-order valence-corrected chi connectivity index (χ2v) is 4.80. The topological polar surface area (TPSA) is 63.8 Å². The molecule has 4 rings (SSSR count). The van der Waals surface area contributed by atoms with E-state index in [0.717, 1.165) is 16.7 Å². The summed E-state index contributed by atoms with van der Waals surface area (Å²) in [5.41, 5.74) is 1.95. The summed E-state index contributed by atoms with van der Waals surface area (Å²) in [5, 5.41) is 1.86. The maximum atomic E-state index is 11.8. The summed E-state index contributed by atoms with van der Waals surface area (Å²) in [4.78, 5) is 18.5. The molecule has 1 aromatic carbocycles. The van der Waals surface area contributed by atoms with Crippen LogP contribution in [0.1, 0.15) is 0 Å². The first-order chi connectivity index (χ1) is 9.74. The molecule has 0 radical (unpaired) electrons. The fourth-order valence-electron chi connectivity index (χ4n) is 2.33. The number of benzene rings is 1. The number of nitrogens with one attached hydrogen (secondary N) is 1. The lowest BCUT2D eigenvalue weighted by Crippen LogP contribution is -2.06. The molecule has 0 aliphatic rings. The Bertz CT molecular complexity index is 1000. The van der Waals surface area contributed by atoms with Gasteiger partial charge in [0.2, 0.25) is 0 Å². The number of aromatic amines is 1. The van der Waals surface area contributed by atoms with Crippen LogP contribution in [0.15, 0.2) is 52.1 Å². The third-order valence-electron chi connectivity index (χ3n) is 3.25. The molecular weight excluding hydrogens is 313 g/mol. The molecule has 0 atom stereocenters. The number of furan rings is 1. The van der Waals surface area contributed by atoms with Crippen molar-refractivity contribution in [2.75, 3.05) is 0 Å². The maximum absolute atomic E-state index is 11.8. The number of hydrogen-bond acceptors (Lipinski definition) is 3. The van der Waals surface area contributed by atoms with Crippen molar-refractivity contribution >= 4 is 46.0 Å². The zero-order valence-corrected chi connectivity index (χ0v) is 12.1. The Kier molecular flexibility index (Phi) is 3.23. The van der Waals surface area contributed by atoms with Gasteiger partial charge in [-0.1, -0.05) is 11.6 Å². The minimum atomic E-state index is -0.208. The van der Waals surface area contributed by atoms with Crippen molar-refractivity contribution in [3.63, 3.8) is 0 Å². The normalized spacial score (nSPS) is 10.9. The zero-order chi connectivity index (χ0) is 13.7. The lowest BCUT2D eigenvalue weighted by molar-refractivity contribution is 0.616. The lowest BCUT2D eigenvalue weighted by atomic mass is 10.2. The van der Waals surface area contributed by atoms with Crippen LogP contribution in [-0.4, -0.2) is 14.5 Å². The minimum absolute atomic E-state index is 0. The van der Waals surface area contributed by atoms with E-state index in [4.69, 9.17) is 16.0 Å². The van der Waals surface area contributed by atoms with Crippen LogP contribution < -0.4 is 5.56 Å². The molecule has 0 unspecified atom stereocenters. The molecule has 5 nitrogen and oxygen atoms in total. The van der Waals surface area contributed by atoms with Crippen molar-refractivity contribution in [3.8, 4) is 5.69 Å². The molecule has 3 aromatic heterocycles. The summed E-state index contributed by atoms with van der Waals surface area (Å²) >= 11 is 6.25. The number of H-pyrrole nitrogens is 1. The van der Waals surface area contributed by atoms with Crippen molar-refractivity contribution in [3.05, 3.63) is 58.4 Å². The Hall–Kier alpha value is -2.24. The average molecular weight is 322 g/mol. The fourth-order valence-corrected chi connectivity index (χ4v) is 2.62. The molecule has 0 aliphatic heterocycles. The first-order valence-electron chi connectivity index (χ1n) is 5.96. The fraction of sp³-hybridized carbons (Fsp3) is 0. The van der Waals surface area contributed by atoms with Crippen molar-refractivity contribution in [1.82, 2.24) is 14.5 Å². The van der Waals surface area contributed by atoms with Crippen LogP contribution in [0, 0.1) is 0 Å². The predicted molar refractivity (Wildman–Crippen MR) is 83.7 cm³/mol. The smallest absolute Gasteiger partial charge is 0.260 e. The minimum Gasteiger partial charge on any atom is -0.464 e. The van der Waals surface area contributed by atoms with Crippen LogP contribution in [-0.2, 0) is 0 Å². The van der Waals surface area contributed by atoms with E-state index >= 15 is 0 Å². The number of rotatable bonds is 1. The number of halogens is 2. The second-order valence-electron chi connectivity index (χ2n) is 4.41. The molecular formula is C14H9Cl2N3O2. The molecule has 0 bridgehead atoms. The highest BCUT2D eigenvalue weighted by molar-refractivity contribution is 6.31. The van der Waals surface area contributed by atoms with E-state index in [1.54, 1.807) is 16.9 Å². The van der Waals surface area contributed by atoms with E-state index in [2.05, 4.69) is 9.97 Å². The van der Waals surface area contributed by atoms with Crippen LogP contribution >= 0.6 is 24.0 Å². The van der Waals surface area contributed by atoms with Crippen LogP contribution in [0.3, 0.4) is 0 Å². The van der Waals surface area contributed by atoms with E-state index in [0.29, 0.717) is 16.2 Å². The second kappa shape index (κ2) is 4.95. The van der Waals surface area contributed by atoms with Gasteiger partial charge in [-0.05, 0) is 30.3 Å². The molecule has 0 saturated heterocycles. The standard InChI is InChI=1S/C14H8ClN3O2.ClH/c15-12-6-10-13(16-7-17-14(10)19)18(12)9-1-2-11-8(5-9)3-4-20-11;/h1-7H,(H,16,17,19);1H. The van der Waals surface area contributed by atoms with Gasteiger partial charge in [-0.25, -0.2) is 4.98 Å². The number of hydrogen-bond donors (Lipinski definition) is 1. The third kappa shape index (κ3) is 2.02. The van der Waals surface area contributed by atoms with E-state index in [1.165, 1.54) is 6.33 Å². The van der Waals surface area contributed by atoms with Gasteiger partial charge in [-0.2, -0.15) is 0 Å². The first kappa shape index (κ1) is 13.7. The van der Waals surface area contributed by atoms with Gasteiger partial charge in [-0.15, -0.1) is 12.4 Å². The van der Waals surface area contributed by atoms with Crippen LogP contribution in [0.5, 0.6) is 0 Å². The Labute approximate surface area is 129 Å². The average Bonchev–Trinajstić information content (AvgIpc) is 3.02. The van der Waals surface area contributed by atoms with Gasteiger partial charge in [-0.3, -0.25) is 9.36 Å². The molecule has 0 aliphatic carbocycles. The third-order valence-corrected chi connectivity index (χ3v) is 3.53. The highest BCUT2D eigenvalue weighted by Crippen LogP contribution is 2.27.